The lowest BCUT2D eigenvalue weighted by Gasteiger charge is -2.09. The first-order valence-corrected chi connectivity index (χ1v) is 8.59. The number of nitrogens with one attached hydrogen (secondary N) is 2. The van der Waals surface area contributed by atoms with Crippen molar-refractivity contribution in [1.29, 1.82) is 0 Å². The van der Waals surface area contributed by atoms with Crippen LogP contribution in [-0.2, 0) is 23.6 Å². The van der Waals surface area contributed by atoms with Gasteiger partial charge in [-0.05, 0) is 24.4 Å². The van der Waals surface area contributed by atoms with E-state index < -0.39 is 10.0 Å². The van der Waals surface area contributed by atoms with E-state index in [0.29, 0.717) is 17.1 Å². The van der Waals surface area contributed by atoms with Crippen LogP contribution in [0.15, 0.2) is 22.7 Å². The van der Waals surface area contributed by atoms with Crippen molar-refractivity contribution in [1.82, 2.24) is 15.1 Å². The Morgan fingerprint density at radius 3 is 2.80 bits per heavy atom. The Labute approximate surface area is 122 Å². The molecule has 6 nitrogen and oxygen atoms in total. The highest BCUT2D eigenvalue weighted by Crippen LogP contribution is 2.28. The third-order valence-electron chi connectivity index (χ3n) is 2.75. The molecule has 110 valence electrons. The maximum atomic E-state index is 12.5. The molecule has 2 N–H and O–H groups in total. The summed E-state index contributed by atoms with van der Waals surface area (Å²) in [5.74, 6) is 0. The smallest absolute Gasteiger partial charge is 0.263 e. The predicted molar refractivity (Wildman–Crippen MR) is 80.5 cm³/mol. The maximum absolute atomic E-state index is 12.5. The van der Waals surface area contributed by atoms with Crippen LogP contribution in [0.5, 0.6) is 0 Å². The summed E-state index contributed by atoms with van der Waals surface area (Å²) in [7, 11) is -1.84. The summed E-state index contributed by atoms with van der Waals surface area (Å²) in [6.07, 6.45) is 3.12. The standard InChI is InChI=1S/C12H18N4O2S2/c1-4-13-6-11-12(9(2)8-19-11)20(17,18)15-10-5-14-16(3)7-10/h5,7-8,13,15H,4,6H2,1-3H3. The third kappa shape index (κ3) is 3.20. The number of thiophene rings is 1. The summed E-state index contributed by atoms with van der Waals surface area (Å²) >= 11 is 1.46. The van der Waals surface area contributed by atoms with Crippen LogP contribution in [0.4, 0.5) is 5.69 Å². The molecule has 0 saturated carbocycles. The van der Waals surface area contributed by atoms with Crippen molar-refractivity contribution in [3.8, 4) is 0 Å². The fourth-order valence-corrected chi connectivity index (χ4v) is 4.70. The lowest BCUT2D eigenvalue weighted by atomic mass is 10.3. The topological polar surface area (TPSA) is 76.0 Å². The number of sulfonamides is 1. The highest BCUT2D eigenvalue weighted by Gasteiger charge is 2.23. The number of aryl methyl sites for hydroxylation is 2. The zero-order chi connectivity index (χ0) is 14.8. The second-order valence-electron chi connectivity index (χ2n) is 4.46. The van der Waals surface area contributed by atoms with E-state index in [1.54, 1.807) is 17.9 Å². The van der Waals surface area contributed by atoms with Gasteiger partial charge in [0.25, 0.3) is 10.0 Å². The number of aromatic nitrogens is 2. The minimum atomic E-state index is -3.58. The van der Waals surface area contributed by atoms with Crippen molar-refractivity contribution in [3.63, 3.8) is 0 Å². The molecule has 0 saturated heterocycles. The average Bonchev–Trinajstić information content (AvgIpc) is 2.93. The van der Waals surface area contributed by atoms with Gasteiger partial charge in [0.05, 0.1) is 11.9 Å². The minimum Gasteiger partial charge on any atom is -0.312 e. The fraction of sp³-hybridized carbons (Fsp3) is 0.417. The van der Waals surface area contributed by atoms with Crippen LogP contribution in [-0.4, -0.2) is 24.7 Å². The molecule has 0 bridgehead atoms. The number of rotatable bonds is 6. The van der Waals surface area contributed by atoms with Gasteiger partial charge >= 0.3 is 0 Å². The third-order valence-corrected chi connectivity index (χ3v) is 5.59. The first-order valence-electron chi connectivity index (χ1n) is 6.23. The van der Waals surface area contributed by atoms with E-state index >= 15 is 0 Å². The number of hydrogen-bond donors (Lipinski definition) is 2. The van der Waals surface area contributed by atoms with Gasteiger partial charge in [-0.15, -0.1) is 11.3 Å². The second kappa shape index (κ2) is 5.94. The Morgan fingerprint density at radius 2 is 2.20 bits per heavy atom. The molecular formula is C12H18N4O2S2. The molecule has 0 aliphatic carbocycles. The summed E-state index contributed by atoms with van der Waals surface area (Å²) in [6, 6.07) is 0. The monoisotopic (exact) mass is 314 g/mol. The molecule has 0 unspecified atom stereocenters. The molecule has 0 amide bonds. The summed E-state index contributed by atoms with van der Waals surface area (Å²) in [5.41, 5.74) is 1.23. The first kappa shape index (κ1) is 15.0. The van der Waals surface area contributed by atoms with Crippen molar-refractivity contribution in [2.24, 2.45) is 7.05 Å². The van der Waals surface area contributed by atoms with Gasteiger partial charge in [0.15, 0.2) is 0 Å². The first-order chi connectivity index (χ1) is 9.44. The van der Waals surface area contributed by atoms with Gasteiger partial charge in [-0.1, -0.05) is 6.92 Å². The Morgan fingerprint density at radius 1 is 1.45 bits per heavy atom. The summed E-state index contributed by atoms with van der Waals surface area (Å²) in [4.78, 5) is 1.19. The van der Waals surface area contributed by atoms with Crippen LogP contribution in [0.25, 0.3) is 0 Å². The Bertz CT molecular complexity index is 688. The molecule has 2 rings (SSSR count). The molecule has 0 aliphatic heterocycles. The highest BCUT2D eigenvalue weighted by atomic mass is 32.2. The summed E-state index contributed by atoms with van der Waals surface area (Å²) in [6.45, 7) is 5.15. The zero-order valence-electron chi connectivity index (χ0n) is 11.7. The van der Waals surface area contributed by atoms with E-state index in [1.165, 1.54) is 17.5 Å². The van der Waals surface area contributed by atoms with Gasteiger partial charge in [0.1, 0.15) is 4.90 Å². The van der Waals surface area contributed by atoms with Gasteiger partial charge in [0.2, 0.25) is 0 Å². The van der Waals surface area contributed by atoms with Crippen molar-refractivity contribution in [3.05, 3.63) is 28.2 Å². The molecule has 2 aromatic rings. The normalized spacial score (nSPS) is 11.8. The van der Waals surface area contributed by atoms with E-state index in [0.717, 1.165) is 17.0 Å². The van der Waals surface area contributed by atoms with E-state index in [1.807, 2.05) is 19.2 Å². The molecular weight excluding hydrogens is 296 g/mol. The van der Waals surface area contributed by atoms with Gasteiger partial charge in [-0.3, -0.25) is 9.40 Å². The van der Waals surface area contributed by atoms with Crippen LogP contribution in [0.3, 0.4) is 0 Å². The van der Waals surface area contributed by atoms with Gasteiger partial charge in [-0.2, -0.15) is 5.10 Å². The Kier molecular flexibility index (Phi) is 4.46. The van der Waals surface area contributed by atoms with E-state index in [4.69, 9.17) is 0 Å². The molecule has 2 aromatic heterocycles. The van der Waals surface area contributed by atoms with Crippen molar-refractivity contribution >= 4 is 27.0 Å². The molecule has 0 aromatic carbocycles. The van der Waals surface area contributed by atoms with E-state index in [9.17, 15) is 8.42 Å². The Balaban J connectivity index is 2.31. The second-order valence-corrected chi connectivity index (χ2v) is 7.04. The highest BCUT2D eigenvalue weighted by molar-refractivity contribution is 7.93. The molecule has 0 aliphatic rings. The minimum absolute atomic E-state index is 0.368. The van der Waals surface area contributed by atoms with Crippen LogP contribution in [0.1, 0.15) is 17.4 Å². The maximum Gasteiger partial charge on any atom is 0.263 e. The zero-order valence-corrected chi connectivity index (χ0v) is 13.3. The van der Waals surface area contributed by atoms with E-state index in [2.05, 4.69) is 15.1 Å². The average molecular weight is 314 g/mol. The molecule has 0 fully saturated rings. The van der Waals surface area contributed by atoms with Gasteiger partial charge in [-0.25, -0.2) is 8.42 Å². The lowest BCUT2D eigenvalue weighted by molar-refractivity contribution is 0.599. The Hall–Kier alpha value is -1.38. The molecule has 20 heavy (non-hydrogen) atoms. The predicted octanol–water partition coefficient (Wildman–Crippen LogP) is 1.70. The fourth-order valence-electron chi connectivity index (χ4n) is 1.89. The molecule has 0 atom stereocenters. The largest absolute Gasteiger partial charge is 0.312 e. The molecule has 0 radical (unpaired) electrons. The molecule has 0 spiro atoms. The van der Waals surface area contributed by atoms with Gasteiger partial charge in [0, 0.05) is 24.7 Å². The summed E-state index contributed by atoms with van der Waals surface area (Å²) < 4.78 is 29.1. The number of anilines is 1. The SMILES string of the molecule is CCNCc1scc(C)c1S(=O)(=O)Nc1cnn(C)c1. The van der Waals surface area contributed by atoms with Crippen LogP contribution >= 0.6 is 11.3 Å². The molecule has 2 heterocycles. The van der Waals surface area contributed by atoms with Crippen molar-refractivity contribution < 1.29 is 8.42 Å². The van der Waals surface area contributed by atoms with Crippen molar-refractivity contribution in [2.45, 2.75) is 25.3 Å². The van der Waals surface area contributed by atoms with Gasteiger partial charge < -0.3 is 5.32 Å². The van der Waals surface area contributed by atoms with E-state index in [-0.39, 0.29) is 0 Å². The number of hydrogen-bond acceptors (Lipinski definition) is 5. The van der Waals surface area contributed by atoms with Crippen LogP contribution in [0, 0.1) is 6.92 Å². The van der Waals surface area contributed by atoms with Crippen LogP contribution < -0.4 is 10.0 Å². The van der Waals surface area contributed by atoms with Crippen molar-refractivity contribution in [2.75, 3.05) is 11.3 Å². The lowest BCUT2D eigenvalue weighted by Crippen LogP contribution is -2.18. The molecule has 8 heteroatoms. The summed E-state index contributed by atoms with van der Waals surface area (Å²) in [5, 5.41) is 8.98. The van der Waals surface area contributed by atoms with Crippen LogP contribution in [0.2, 0.25) is 0 Å². The quantitative estimate of drug-likeness (QED) is 0.851. The number of nitrogens with zero attached hydrogens (tertiary/aromatic N) is 2.